The molecule has 0 spiro atoms. The molecule has 1 heterocycles. The molecule has 0 unspecified atom stereocenters. The third kappa shape index (κ3) is 6.12. The van der Waals surface area contributed by atoms with Gasteiger partial charge in [0.05, 0.1) is 16.7 Å². The highest BCUT2D eigenvalue weighted by Crippen LogP contribution is 2.44. The van der Waals surface area contributed by atoms with Crippen LogP contribution in [0.4, 0.5) is 17.1 Å². The molecule has 0 atom stereocenters. The third-order valence-electron chi connectivity index (χ3n) is 12.5. The van der Waals surface area contributed by atoms with Gasteiger partial charge in [-0.1, -0.05) is 170 Å². The summed E-state index contributed by atoms with van der Waals surface area (Å²) in [5.41, 5.74) is 14.0. The number of nitrogens with zero attached hydrogens (tertiary/aromatic N) is 2. The largest absolute Gasteiger partial charge is 0.310 e. The number of aromatic nitrogens is 1. The second kappa shape index (κ2) is 14.8. The van der Waals surface area contributed by atoms with Gasteiger partial charge in [0.1, 0.15) is 0 Å². The molecule has 12 aromatic rings. The Balaban J connectivity index is 0.960. The van der Waals surface area contributed by atoms with Crippen LogP contribution in [0.15, 0.2) is 243 Å². The quantitative estimate of drug-likeness (QED) is 0.146. The summed E-state index contributed by atoms with van der Waals surface area (Å²) in [6, 6.07) is 88.5. The molecule has 0 N–H and O–H groups in total. The Morgan fingerprint density at radius 2 is 0.758 bits per heavy atom. The highest BCUT2D eigenvalue weighted by Gasteiger charge is 2.19. The summed E-state index contributed by atoms with van der Waals surface area (Å²) >= 11 is 0. The number of fused-ring (bicyclic) bond motifs is 6. The van der Waals surface area contributed by atoms with Crippen LogP contribution in [0.3, 0.4) is 0 Å². The maximum Gasteiger partial charge on any atom is 0.0541 e. The molecule has 0 aliphatic rings. The van der Waals surface area contributed by atoms with E-state index >= 15 is 0 Å². The number of hydrogen-bond donors (Lipinski definition) is 0. The lowest BCUT2D eigenvalue weighted by Gasteiger charge is -2.28. The molecule has 0 aliphatic heterocycles. The van der Waals surface area contributed by atoms with Crippen LogP contribution in [0.1, 0.15) is 0 Å². The zero-order valence-corrected chi connectivity index (χ0v) is 34.0. The van der Waals surface area contributed by atoms with Gasteiger partial charge in [-0.25, -0.2) is 0 Å². The fourth-order valence-corrected chi connectivity index (χ4v) is 9.53. The lowest BCUT2D eigenvalue weighted by molar-refractivity contribution is 1.18. The molecular formula is C60H40N2. The van der Waals surface area contributed by atoms with Crippen molar-refractivity contribution in [3.8, 4) is 39.1 Å². The summed E-state index contributed by atoms with van der Waals surface area (Å²) in [7, 11) is 0. The summed E-state index contributed by atoms with van der Waals surface area (Å²) < 4.78 is 2.39. The molecule has 1 aromatic heterocycles. The highest BCUT2D eigenvalue weighted by molar-refractivity contribution is 6.09. The summed E-state index contributed by atoms with van der Waals surface area (Å²) in [4.78, 5) is 2.41. The highest BCUT2D eigenvalue weighted by atomic mass is 15.1. The van der Waals surface area contributed by atoms with Crippen molar-refractivity contribution >= 4 is 71.2 Å². The standard InChI is InChI=1S/C60H40N2/c1-2-15-45-38-49-39-47(27-28-48(49)37-44(45)14-1)42-31-35-51(36-32-42)61(58-24-8-5-20-55(58)54-23-12-16-43-13-3-4-19-53(43)54)50-33-29-41(30-34-50)46-17-11-18-52(40-46)62-59-25-9-6-21-56(59)57-22-7-10-26-60(57)62/h1-40H. The molecule has 0 saturated heterocycles. The van der Waals surface area contributed by atoms with Gasteiger partial charge in [0.15, 0.2) is 0 Å². The third-order valence-corrected chi connectivity index (χ3v) is 12.5. The van der Waals surface area contributed by atoms with Crippen molar-refractivity contribution in [3.05, 3.63) is 243 Å². The summed E-state index contributed by atoms with van der Waals surface area (Å²) in [6.07, 6.45) is 0. The van der Waals surface area contributed by atoms with Crippen LogP contribution in [-0.2, 0) is 0 Å². The fourth-order valence-electron chi connectivity index (χ4n) is 9.53. The van der Waals surface area contributed by atoms with Crippen LogP contribution in [-0.4, -0.2) is 4.57 Å². The Bertz CT molecular complexity index is 3570. The Morgan fingerprint density at radius 1 is 0.274 bits per heavy atom. The second-order valence-corrected chi connectivity index (χ2v) is 16.2. The molecule has 11 aromatic carbocycles. The molecule has 290 valence electrons. The monoisotopic (exact) mass is 788 g/mol. The first kappa shape index (κ1) is 35.7. The fraction of sp³-hybridized carbons (Fsp3) is 0. The lowest BCUT2D eigenvalue weighted by Crippen LogP contribution is -2.11. The van der Waals surface area contributed by atoms with Gasteiger partial charge in [0.25, 0.3) is 0 Å². The van der Waals surface area contributed by atoms with Crippen molar-refractivity contribution in [2.24, 2.45) is 0 Å². The molecule has 0 radical (unpaired) electrons. The van der Waals surface area contributed by atoms with E-state index < -0.39 is 0 Å². The van der Waals surface area contributed by atoms with Crippen LogP contribution >= 0.6 is 0 Å². The van der Waals surface area contributed by atoms with Crippen LogP contribution in [0.2, 0.25) is 0 Å². The van der Waals surface area contributed by atoms with E-state index in [9.17, 15) is 0 Å². The molecule has 2 heteroatoms. The minimum absolute atomic E-state index is 1.09. The van der Waals surface area contributed by atoms with E-state index in [0.29, 0.717) is 0 Å². The predicted molar refractivity (Wildman–Crippen MR) is 264 cm³/mol. The number of benzene rings is 11. The van der Waals surface area contributed by atoms with Crippen LogP contribution in [0.5, 0.6) is 0 Å². The molecule has 62 heavy (non-hydrogen) atoms. The van der Waals surface area contributed by atoms with Gasteiger partial charge in [-0.15, -0.1) is 0 Å². The SMILES string of the molecule is c1cc(-c2ccc(N(c3ccc(-c4ccc5cc6ccccc6cc5c4)cc3)c3ccccc3-c3cccc4ccccc34)cc2)cc(-n2c3ccccc3c3ccccc32)c1. The van der Waals surface area contributed by atoms with E-state index in [0.717, 1.165) is 28.3 Å². The number of para-hydroxylation sites is 3. The molecule has 0 aliphatic carbocycles. The van der Waals surface area contributed by atoms with E-state index in [-0.39, 0.29) is 0 Å². The van der Waals surface area contributed by atoms with Crippen molar-refractivity contribution in [2.75, 3.05) is 4.90 Å². The molecule has 2 nitrogen and oxygen atoms in total. The van der Waals surface area contributed by atoms with Crippen molar-refractivity contribution < 1.29 is 0 Å². The zero-order valence-electron chi connectivity index (χ0n) is 34.0. The normalized spacial score (nSPS) is 11.5. The Kier molecular flexibility index (Phi) is 8.53. The topological polar surface area (TPSA) is 8.17 Å². The zero-order chi connectivity index (χ0) is 41.0. The average Bonchev–Trinajstić information content (AvgIpc) is 3.68. The number of hydrogen-bond acceptors (Lipinski definition) is 1. The molecule has 0 saturated carbocycles. The van der Waals surface area contributed by atoms with Gasteiger partial charge in [-0.05, 0) is 133 Å². The van der Waals surface area contributed by atoms with Gasteiger partial charge in [-0.2, -0.15) is 0 Å². The van der Waals surface area contributed by atoms with Gasteiger partial charge < -0.3 is 9.47 Å². The van der Waals surface area contributed by atoms with Gasteiger partial charge in [0, 0.05) is 33.4 Å². The predicted octanol–water partition coefficient (Wildman–Crippen LogP) is 16.7. The van der Waals surface area contributed by atoms with Gasteiger partial charge >= 0.3 is 0 Å². The maximum absolute atomic E-state index is 2.41. The minimum Gasteiger partial charge on any atom is -0.310 e. The average molecular weight is 789 g/mol. The maximum atomic E-state index is 2.41. The summed E-state index contributed by atoms with van der Waals surface area (Å²) in [5.74, 6) is 0. The van der Waals surface area contributed by atoms with Crippen molar-refractivity contribution in [1.82, 2.24) is 4.57 Å². The van der Waals surface area contributed by atoms with E-state index in [1.165, 1.54) is 81.9 Å². The minimum atomic E-state index is 1.09. The number of rotatable bonds is 7. The van der Waals surface area contributed by atoms with Gasteiger partial charge in [0.2, 0.25) is 0 Å². The molecular weight excluding hydrogens is 749 g/mol. The number of anilines is 3. The van der Waals surface area contributed by atoms with E-state index in [4.69, 9.17) is 0 Å². The Hall–Kier alpha value is -8.20. The first-order chi connectivity index (χ1) is 30.7. The first-order valence-electron chi connectivity index (χ1n) is 21.3. The van der Waals surface area contributed by atoms with Crippen LogP contribution in [0, 0.1) is 0 Å². The van der Waals surface area contributed by atoms with Crippen molar-refractivity contribution in [1.29, 1.82) is 0 Å². The molecule has 0 fully saturated rings. The Morgan fingerprint density at radius 3 is 1.45 bits per heavy atom. The lowest BCUT2D eigenvalue weighted by atomic mass is 9.95. The van der Waals surface area contributed by atoms with Crippen LogP contribution < -0.4 is 4.90 Å². The van der Waals surface area contributed by atoms with Gasteiger partial charge in [-0.3, -0.25) is 0 Å². The van der Waals surface area contributed by atoms with E-state index in [1.807, 2.05) is 0 Å². The van der Waals surface area contributed by atoms with E-state index in [1.54, 1.807) is 0 Å². The van der Waals surface area contributed by atoms with Crippen molar-refractivity contribution in [3.63, 3.8) is 0 Å². The Labute approximate surface area is 360 Å². The first-order valence-corrected chi connectivity index (χ1v) is 21.3. The van der Waals surface area contributed by atoms with Crippen molar-refractivity contribution in [2.45, 2.75) is 0 Å². The summed E-state index contributed by atoms with van der Waals surface area (Å²) in [5, 5.41) is 10.0. The molecule has 0 bridgehead atoms. The van der Waals surface area contributed by atoms with Crippen LogP contribution in [0.25, 0.3) is 93.2 Å². The second-order valence-electron chi connectivity index (χ2n) is 16.2. The van der Waals surface area contributed by atoms with E-state index in [2.05, 4.69) is 252 Å². The smallest absolute Gasteiger partial charge is 0.0541 e. The summed E-state index contributed by atoms with van der Waals surface area (Å²) in [6.45, 7) is 0. The molecule has 0 amide bonds. The molecule has 12 rings (SSSR count).